The van der Waals surface area contributed by atoms with Crippen molar-refractivity contribution in [1.29, 1.82) is 0 Å². The topological polar surface area (TPSA) is 131 Å². The van der Waals surface area contributed by atoms with Crippen molar-refractivity contribution in [2.24, 2.45) is 0 Å². The molecule has 0 fully saturated rings. The van der Waals surface area contributed by atoms with Crippen molar-refractivity contribution in [1.82, 2.24) is 0 Å². The van der Waals surface area contributed by atoms with Crippen LogP contribution in [0.2, 0.25) is 0 Å². The third kappa shape index (κ3) is 9.59. The fraction of sp³-hybridized carbons (Fsp3) is 0.155. The van der Waals surface area contributed by atoms with E-state index >= 15 is 0 Å². The van der Waals surface area contributed by atoms with E-state index in [1.807, 2.05) is 229 Å². The van der Waals surface area contributed by atoms with Crippen molar-refractivity contribution in [2.45, 2.75) is 46.0 Å². The Morgan fingerprint density at radius 3 is 1.07 bits per heavy atom. The number of nitrogens with zero attached hydrogens (tertiary/aromatic N) is 6. The summed E-state index contributed by atoms with van der Waals surface area (Å²) in [4.78, 5) is 25.0. The molecule has 74 heavy (non-hydrogen) atoms. The predicted molar refractivity (Wildman–Crippen MR) is 299 cm³/mol. The van der Waals surface area contributed by atoms with Gasteiger partial charge in [-0.05, 0) is 118 Å². The Kier molecular flexibility index (Phi) is 13.9. The second-order valence-electron chi connectivity index (χ2n) is 18.7. The summed E-state index contributed by atoms with van der Waals surface area (Å²) in [5.41, 5.74) is 9.73. The van der Waals surface area contributed by atoms with Crippen LogP contribution in [-0.4, -0.2) is 67.2 Å². The van der Waals surface area contributed by atoms with E-state index in [-0.39, 0.29) is 6.09 Å². The molecule has 1 amide bonds. The number of hydrogen-bond donors (Lipinski definition) is 0. The summed E-state index contributed by atoms with van der Waals surface area (Å²) in [6, 6.07) is 60.5. The normalized spacial score (nSPS) is 14.4. The van der Waals surface area contributed by atoms with Gasteiger partial charge in [0.15, 0.2) is 0 Å². The van der Waals surface area contributed by atoms with Gasteiger partial charge >= 0.3 is 6.09 Å². The van der Waals surface area contributed by atoms with Gasteiger partial charge in [-0.15, -0.1) is 0 Å². The number of hydrogen-bond acceptors (Lipinski definition) is 11. The Morgan fingerprint density at radius 1 is 0.432 bits per heavy atom. The van der Waals surface area contributed by atoms with Crippen LogP contribution in [-0.2, 0) is 35.4 Å². The summed E-state index contributed by atoms with van der Waals surface area (Å²) >= 11 is 0. The third-order valence-corrected chi connectivity index (χ3v) is 17.1. The Labute approximate surface area is 436 Å². The van der Waals surface area contributed by atoms with Gasteiger partial charge in [0, 0.05) is 28.2 Å². The lowest BCUT2D eigenvalue weighted by Crippen LogP contribution is -2.37. The van der Waals surface area contributed by atoms with E-state index < -0.39 is 36.3 Å². The van der Waals surface area contributed by atoms with Crippen LogP contribution in [0.15, 0.2) is 214 Å². The summed E-state index contributed by atoms with van der Waals surface area (Å²) in [7, 11) is 0.0372. The van der Waals surface area contributed by atoms with Gasteiger partial charge < -0.3 is 24.3 Å². The maximum Gasteiger partial charge on any atom is 0.419 e. The molecule has 0 aliphatic carbocycles. The van der Waals surface area contributed by atoms with E-state index in [4.69, 9.17) is 4.74 Å². The first-order valence-corrected chi connectivity index (χ1v) is 28.1. The third-order valence-electron chi connectivity index (χ3n) is 12.7. The first kappa shape index (κ1) is 51.0. The van der Waals surface area contributed by atoms with Gasteiger partial charge in [0.25, 0.3) is 0 Å². The number of anilines is 12. The number of rotatable bonds is 1. The zero-order valence-corrected chi connectivity index (χ0v) is 44.7. The van der Waals surface area contributed by atoms with Gasteiger partial charge in [-0.2, -0.15) is 0 Å². The number of carbonyl (C=O) groups is 1. The van der Waals surface area contributed by atoms with Crippen LogP contribution in [0.25, 0.3) is 0 Å². The quantitative estimate of drug-likeness (QED) is 0.156. The maximum atomic E-state index is 12.7. The Hall–Kier alpha value is -7.92. The monoisotopic (exact) mass is 1040 g/mol. The van der Waals surface area contributed by atoms with E-state index in [1.165, 1.54) is 10.6 Å². The highest BCUT2D eigenvalue weighted by Gasteiger charge is 2.35. The van der Waals surface area contributed by atoms with E-state index in [0.29, 0.717) is 21.2 Å². The molecule has 13 nitrogen and oxygen atoms in total. The molecule has 0 radical (unpaired) electrons. The molecule has 12 rings (SSSR count). The molecule has 16 heteroatoms. The number of amides is 1. The van der Waals surface area contributed by atoms with Gasteiger partial charge in [-0.3, -0.25) is 0 Å². The summed E-state index contributed by atoms with van der Waals surface area (Å²) in [6.45, 7) is 5.62. The first-order valence-electron chi connectivity index (χ1n) is 23.7. The molecule has 0 N–H and O–H groups in total. The standard InChI is InChI=1S/C18H20N2O2.C14H14N2O2S.C13H11NO2S.C13H11NOS/c1-18(2,3)22-17(21)20-15-11-7-5-9-13(15)19(4)14-10-6-8-12-16(14)20;1-15-11-7-3-5-9-13(11)16(19(2,17)18)14-10-6-4-8-12(14)15;1-14-10-6-2-4-8-12(10)17(15,16)13-9-5-3-7-11(13)14;1-14-10-6-2-4-8-12(10)16(15)13-9-5-3-7-11(13)14/h5-12H,1-4H3;3-10H,1-2H3;2-9H,1H3;2-9H,1H3. The fourth-order valence-electron chi connectivity index (χ4n) is 9.29. The number of para-hydroxylation sites is 12. The zero-order valence-electron chi connectivity index (χ0n) is 42.2. The highest BCUT2D eigenvalue weighted by Crippen LogP contribution is 2.49. The minimum atomic E-state index is -3.38. The number of carbonyl (C=O) groups excluding carboxylic acids is 1. The molecular weight excluding hydrogens is 989 g/mol. The molecule has 4 aliphatic rings. The second-order valence-corrected chi connectivity index (χ2v) is 23.8. The Morgan fingerprint density at radius 2 is 0.703 bits per heavy atom. The smallest absolute Gasteiger partial charge is 0.419 e. The minimum absolute atomic E-state index is 0.361. The molecule has 0 aromatic heterocycles. The van der Waals surface area contributed by atoms with Crippen molar-refractivity contribution in [2.75, 3.05) is 63.3 Å². The molecule has 4 aliphatic heterocycles. The molecule has 8 aromatic rings. The molecule has 0 bridgehead atoms. The van der Waals surface area contributed by atoms with E-state index in [9.17, 15) is 25.8 Å². The van der Waals surface area contributed by atoms with Crippen molar-refractivity contribution in [3.8, 4) is 0 Å². The molecule has 378 valence electrons. The van der Waals surface area contributed by atoms with Gasteiger partial charge in [0.05, 0.1) is 105 Å². The summed E-state index contributed by atoms with van der Waals surface area (Å²) in [6.07, 6.45) is 0.867. The van der Waals surface area contributed by atoms with Crippen LogP contribution < -0.4 is 28.8 Å². The number of fused-ring (bicyclic) bond motifs is 8. The van der Waals surface area contributed by atoms with Crippen LogP contribution in [0.1, 0.15) is 20.8 Å². The Bertz CT molecular complexity index is 3500. The Balaban J connectivity index is 0.000000122. The lowest BCUT2D eigenvalue weighted by atomic mass is 10.1. The summed E-state index contributed by atoms with van der Waals surface area (Å²) in [5, 5.41) is 0. The molecule has 0 saturated heterocycles. The van der Waals surface area contributed by atoms with Crippen LogP contribution in [0.4, 0.5) is 73.0 Å². The fourth-order valence-corrected chi connectivity index (χ4v) is 13.5. The van der Waals surface area contributed by atoms with E-state index in [1.54, 1.807) is 29.2 Å². The van der Waals surface area contributed by atoms with Gasteiger partial charge in [0.2, 0.25) is 19.9 Å². The number of sulfonamides is 1. The van der Waals surface area contributed by atoms with Gasteiger partial charge in [-0.25, -0.2) is 35.0 Å². The predicted octanol–water partition coefficient (Wildman–Crippen LogP) is 13.2. The summed E-state index contributed by atoms with van der Waals surface area (Å²) in [5.74, 6) is 0. The zero-order chi connectivity index (χ0) is 52.7. The number of benzene rings is 8. The average Bonchev–Trinajstić information content (AvgIpc) is 3.40. The highest BCUT2D eigenvalue weighted by atomic mass is 32.2. The van der Waals surface area contributed by atoms with Crippen molar-refractivity contribution >= 4 is 105 Å². The SMILES string of the molecule is CN1c2ccccc2N(C(=O)OC(C)(C)C)c2ccccc21.CN1c2ccccc2N(S(C)(=O)=O)c2ccccc21.CN1c2ccccc2S(=O)(=O)c2ccccc21.CN1c2ccccc2S(=O)c2ccccc21. The molecule has 4 heterocycles. The average molecular weight is 1050 g/mol. The largest absolute Gasteiger partial charge is 0.443 e. The molecule has 0 unspecified atom stereocenters. The maximum absolute atomic E-state index is 12.7. The molecular formula is C58H56N6O7S3. The van der Waals surface area contributed by atoms with Crippen LogP contribution >= 0.6 is 0 Å². The summed E-state index contributed by atoms with van der Waals surface area (Å²) < 4.78 is 68.4. The number of sulfone groups is 1. The van der Waals surface area contributed by atoms with Crippen LogP contribution in [0, 0.1) is 0 Å². The van der Waals surface area contributed by atoms with Crippen LogP contribution in [0.3, 0.4) is 0 Å². The van der Waals surface area contributed by atoms with Crippen molar-refractivity contribution < 1.29 is 30.6 Å². The first-order chi connectivity index (χ1) is 35.3. The lowest BCUT2D eigenvalue weighted by molar-refractivity contribution is 0.0599. The lowest BCUT2D eigenvalue weighted by Gasteiger charge is -2.37. The molecule has 0 spiro atoms. The molecule has 0 saturated carbocycles. The second kappa shape index (κ2) is 20.2. The van der Waals surface area contributed by atoms with Gasteiger partial charge in [0.1, 0.15) is 5.60 Å². The molecule has 8 aromatic carbocycles. The van der Waals surface area contributed by atoms with E-state index in [2.05, 4.69) is 9.80 Å². The van der Waals surface area contributed by atoms with Crippen molar-refractivity contribution in [3.05, 3.63) is 194 Å². The number of ether oxygens (including phenoxy) is 1. The van der Waals surface area contributed by atoms with Crippen molar-refractivity contribution in [3.63, 3.8) is 0 Å². The molecule has 0 atom stereocenters. The van der Waals surface area contributed by atoms with E-state index in [0.717, 1.165) is 66.7 Å². The minimum Gasteiger partial charge on any atom is -0.443 e. The van der Waals surface area contributed by atoms with Crippen LogP contribution in [0.5, 0.6) is 0 Å². The van der Waals surface area contributed by atoms with Gasteiger partial charge in [-0.1, -0.05) is 97.1 Å². The highest BCUT2D eigenvalue weighted by molar-refractivity contribution is 7.92.